The fourth-order valence-electron chi connectivity index (χ4n) is 2.19. The Kier molecular flexibility index (Phi) is 4.39. The average Bonchev–Trinajstić information content (AvgIpc) is 2.99. The molecule has 0 fully saturated rings. The van der Waals surface area contributed by atoms with Crippen molar-refractivity contribution in [3.05, 3.63) is 76.4 Å². The number of hydrogen-bond acceptors (Lipinski definition) is 5. The monoisotopic (exact) mass is 327 g/mol. The molecule has 0 spiro atoms. The molecule has 1 heterocycles. The van der Waals surface area contributed by atoms with Gasteiger partial charge in [0.1, 0.15) is 0 Å². The molecule has 0 atom stereocenters. The normalized spacial score (nSPS) is 10.5. The summed E-state index contributed by atoms with van der Waals surface area (Å²) >= 11 is 6.05. The van der Waals surface area contributed by atoms with Crippen LogP contribution < -0.4 is 5.32 Å². The number of rotatable bonds is 5. The molecule has 1 N–H and O–H groups in total. The van der Waals surface area contributed by atoms with Crippen molar-refractivity contribution in [2.24, 2.45) is 0 Å². The van der Waals surface area contributed by atoms with E-state index < -0.39 is 0 Å². The van der Waals surface area contributed by atoms with Crippen molar-refractivity contribution < 1.29 is 9.32 Å². The molecule has 0 bridgehead atoms. The number of aromatic nitrogens is 2. The maximum atomic E-state index is 12.7. The number of carbonyl (C=O) groups is 1. The highest BCUT2D eigenvalue weighted by Crippen LogP contribution is 2.24. The van der Waals surface area contributed by atoms with E-state index in [9.17, 15) is 4.79 Å². The first-order valence-corrected chi connectivity index (χ1v) is 7.43. The van der Waals surface area contributed by atoms with Crippen molar-refractivity contribution in [2.75, 3.05) is 5.32 Å². The van der Waals surface area contributed by atoms with Crippen LogP contribution in [0.25, 0.3) is 0 Å². The minimum Gasteiger partial charge on any atom is -0.376 e. The van der Waals surface area contributed by atoms with E-state index in [1.165, 1.54) is 0 Å². The second-order valence-corrected chi connectivity index (χ2v) is 5.41. The maximum Gasteiger partial charge on any atom is 0.245 e. The molecule has 0 aliphatic rings. The zero-order chi connectivity index (χ0) is 16.2. The molecule has 5 nitrogen and oxygen atoms in total. The van der Waals surface area contributed by atoms with E-state index in [4.69, 9.17) is 16.1 Å². The molecular formula is C17H14ClN3O2. The van der Waals surface area contributed by atoms with Crippen LogP contribution >= 0.6 is 11.6 Å². The topological polar surface area (TPSA) is 68.0 Å². The van der Waals surface area contributed by atoms with Gasteiger partial charge in [0, 0.05) is 21.8 Å². The molecule has 23 heavy (non-hydrogen) atoms. The molecule has 3 aromatic rings. The quantitative estimate of drug-likeness (QED) is 0.720. The molecule has 0 aliphatic carbocycles. The highest BCUT2D eigenvalue weighted by molar-refractivity contribution is 6.31. The molecule has 1 aromatic heterocycles. The van der Waals surface area contributed by atoms with E-state index in [1.54, 1.807) is 37.3 Å². The molecule has 0 saturated carbocycles. The Labute approximate surface area is 138 Å². The SMILES string of the molecule is Cc1noc(CNc2ccc(Cl)cc2C(=O)c2ccccc2)n1. The molecule has 116 valence electrons. The fraction of sp³-hybridized carbons (Fsp3) is 0.118. The Balaban J connectivity index is 1.87. The summed E-state index contributed by atoms with van der Waals surface area (Å²) in [5, 5.41) is 7.38. The van der Waals surface area contributed by atoms with Crippen LogP contribution in [0.4, 0.5) is 5.69 Å². The van der Waals surface area contributed by atoms with E-state index >= 15 is 0 Å². The van der Waals surface area contributed by atoms with Gasteiger partial charge in [-0.15, -0.1) is 0 Å². The molecular weight excluding hydrogens is 314 g/mol. The second kappa shape index (κ2) is 6.62. The lowest BCUT2D eigenvalue weighted by Crippen LogP contribution is -2.08. The lowest BCUT2D eigenvalue weighted by atomic mass is 10.0. The highest BCUT2D eigenvalue weighted by Gasteiger charge is 2.15. The third-order valence-corrected chi connectivity index (χ3v) is 3.50. The summed E-state index contributed by atoms with van der Waals surface area (Å²) < 4.78 is 5.06. The van der Waals surface area contributed by atoms with Gasteiger partial charge in [-0.2, -0.15) is 4.98 Å². The Morgan fingerprint density at radius 2 is 2.00 bits per heavy atom. The molecule has 6 heteroatoms. The molecule has 0 aliphatic heterocycles. The Morgan fingerprint density at radius 1 is 1.22 bits per heavy atom. The number of hydrogen-bond donors (Lipinski definition) is 1. The van der Waals surface area contributed by atoms with Gasteiger partial charge < -0.3 is 9.84 Å². The van der Waals surface area contributed by atoms with Gasteiger partial charge in [0.2, 0.25) is 5.89 Å². The van der Waals surface area contributed by atoms with Crippen LogP contribution in [-0.4, -0.2) is 15.9 Å². The van der Waals surface area contributed by atoms with Crippen molar-refractivity contribution in [3.8, 4) is 0 Å². The van der Waals surface area contributed by atoms with Crippen LogP contribution in [0.15, 0.2) is 53.1 Å². The van der Waals surface area contributed by atoms with Gasteiger partial charge in [-0.1, -0.05) is 47.1 Å². The summed E-state index contributed by atoms with van der Waals surface area (Å²) in [7, 11) is 0. The van der Waals surface area contributed by atoms with Crippen molar-refractivity contribution in [1.82, 2.24) is 10.1 Å². The number of nitrogens with zero attached hydrogens (tertiary/aromatic N) is 2. The summed E-state index contributed by atoms with van der Waals surface area (Å²) in [5.74, 6) is 0.923. The number of benzene rings is 2. The first-order valence-electron chi connectivity index (χ1n) is 7.06. The van der Waals surface area contributed by atoms with Crippen molar-refractivity contribution >= 4 is 23.1 Å². The van der Waals surface area contributed by atoms with Crippen molar-refractivity contribution in [1.29, 1.82) is 0 Å². The fourth-order valence-corrected chi connectivity index (χ4v) is 2.36. The van der Waals surface area contributed by atoms with Gasteiger partial charge in [-0.05, 0) is 25.1 Å². The number of halogens is 1. The lowest BCUT2D eigenvalue weighted by molar-refractivity contribution is 0.103. The third-order valence-electron chi connectivity index (χ3n) is 3.26. The molecule has 0 radical (unpaired) electrons. The van der Waals surface area contributed by atoms with Crippen LogP contribution in [-0.2, 0) is 6.54 Å². The zero-order valence-corrected chi connectivity index (χ0v) is 13.2. The van der Waals surface area contributed by atoms with Crippen LogP contribution in [0.5, 0.6) is 0 Å². The predicted molar refractivity (Wildman–Crippen MR) is 87.7 cm³/mol. The van der Waals surface area contributed by atoms with Gasteiger partial charge in [0.25, 0.3) is 0 Å². The van der Waals surface area contributed by atoms with Gasteiger partial charge in [-0.3, -0.25) is 4.79 Å². The van der Waals surface area contributed by atoms with Crippen LogP contribution in [0.2, 0.25) is 5.02 Å². The summed E-state index contributed by atoms with van der Waals surface area (Å²) in [4.78, 5) is 16.8. The van der Waals surface area contributed by atoms with Gasteiger partial charge in [-0.25, -0.2) is 0 Å². The van der Waals surface area contributed by atoms with Gasteiger partial charge >= 0.3 is 0 Å². The standard InChI is InChI=1S/C17H14ClN3O2/c1-11-20-16(23-21-11)10-19-15-8-7-13(18)9-14(15)17(22)12-5-3-2-4-6-12/h2-9,19H,10H2,1H3. The van der Waals surface area contributed by atoms with E-state index in [2.05, 4.69) is 15.5 Å². The average molecular weight is 328 g/mol. The van der Waals surface area contributed by atoms with Crippen LogP contribution in [0.3, 0.4) is 0 Å². The minimum absolute atomic E-state index is 0.0997. The largest absolute Gasteiger partial charge is 0.376 e. The Morgan fingerprint density at radius 3 is 2.70 bits per heavy atom. The molecule has 0 amide bonds. The molecule has 2 aromatic carbocycles. The number of anilines is 1. The van der Waals surface area contributed by atoms with Crippen LogP contribution in [0.1, 0.15) is 27.6 Å². The predicted octanol–water partition coefficient (Wildman–Crippen LogP) is 3.87. The zero-order valence-electron chi connectivity index (χ0n) is 12.4. The molecule has 0 saturated heterocycles. The van der Waals surface area contributed by atoms with Crippen LogP contribution in [0, 0.1) is 6.92 Å². The van der Waals surface area contributed by atoms with Gasteiger partial charge in [0.15, 0.2) is 11.6 Å². The smallest absolute Gasteiger partial charge is 0.245 e. The second-order valence-electron chi connectivity index (χ2n) is 4.97. The minimum atomic E-state index is -0.0997. The summed E-state index contributed by atoms with van der Waals surface area (Å²) in [6, 6.07) is 14.2. The van der Waals surface area contributed by atoms with E-state index in [-0.39, 0.29) is 5.78 Å². The number of carbonyl (C=O) groups excluding carboxylic acids is 1. The summed E-state index contributed by atoms with van der Waals surface area (Å²) in [6.07, 6.45) is 0. The van der Waals surface area contributed by atoms with Gasteiger partial charge in [0.05, 0.1) is 6.54 Å². The maximum absolute atomic E-state index is 12.7. The first-order chi connectivity index (χ1) is 11.1. The number of nitrogens with one attached hydrogen (secondary N) is 1. The molecule has 3 rings (SSSR count). The van der Waals surface area contributed by atoms with E-state index in [1.807, 2.05) is 18.2 Å². The molecule has 0 unspecified atom stereocenters. The van der Waals surface area contributed by atoms with Crippen molar-refractivity contribution in [2.45, 2.75) is 13.5 Å². The lowest BCUT2D eigenvalue weighted by Gasteiger charge is -2.10. The Bertz CT molecular complexity index is 831. The van der Waals surface area contributed by atoms with E-state index in [0.29, 0.717) is 40.1 Å². The highest BCUT2D eigenvalue weighted by atomic mass is 35.5. The summed E-state index contributed by atoms with van der Waals surface area (Å²) in [5.41, 5.74) is 1.77. The van der Waals surface area contributed by atoms with Crippen molar-refractivity contribution in [3.63, 3.8) is 0 Å². The number of ketones is 1. The summed E-state index contributed by atoms with van der Waals surface area (Å²) in [6.45, 7) is 2.08. The Hall–Kier alpha value is -2.66. The first kappa shape index (κ1) is 15.2. The third kappa shape index (κ3) is 3.57. The van der Waals surface area contributed by atoms with E-state index in [0.717, 1.165) is 0 Å². The number of aryl methyl sites for hydroxylation is 1.